The van der Waals surface area contributed by atoms with Crippen LogP contribution in [0, 0.1) is 0 Å². The van der Waals surface area contributed by atoms with Crippen molar-refractivity contribution in [3.63, 3.8) is 0 Å². The van der Waals surface area contributed by atoms with Crippen molar-refractivity contribution < 1.29 is 5.21 Å². The van der Waals surface area contributed by atoms with Crippen molar-refractivity contribution in [2.24, 2.45) is 5.16 Å². The van der Waals surface area contributed by atoms with Crippen LogP contribution in [0.3, 0.4) is 0 Å². The molecule has 0 heterocycles. The molecule has 2 nitrogen and oxygen atoms in total. The summed E-state index contributed by atoms with van der Waals surface area (Å²) >= 11 is 0. The molecule has 1 aromatic rings. The lowest BCUT2D eigenvalue weighted by atomic mass is 10.1. The predicted molar refractivity (Wildman–Crippen MR) is 45.1 cm³/mol. The van der Waals surface area contributed by atoms with Gasteiger partial charge in [0.15, 0.2) is 0 Å². The Hall–Kier alpha value is -1.31. The summed E-state index contributed by atoms with van der Waals surface area (Å²) < 4.78 is 0. The summed E-state index contributed by atoms with van der Waals surface area (Å²) in [6, 6.07) is 9.65. The molecular formula is C9H11NO. The highest BCUT2D eigenvalue weighted by molar-refractivity contribution is 5.99. The third-order valence-electron chi connectivity index (χ3n) is 1.56. The van der Waals surface area contributed by atoms with Gasteiger partial charge in [0.05, 0.1) is 5.71 Å². The van der Waals surface area contributed by atoms with E-state index in [1.165, 1.54) is 0 Å². The molecule has 0 radical (unpaired) electrons. The van der Waals surface area contributed by atoms with Gasteiger partial charge in [-0.25, -0.2) is 0 Å². The summed E-state index contributed by atoms with van der Waals surface area (Å²) in [7, 11) is 0. The maximum Gasteiger partial charge on any atom is 0.0865 e. The van der Waals surface area contributed by atoms with Crippen LogP contribution in [0.2, 0.25) is 0 Å². The van der Waals surface area contributed by atoms with Crippen molar-refractivity contribution in [2.75, 3.05) is 0 Å². The molecule has 0 aliphatic carbocycles. The smallest absolute Gasteiger partial charge is 0.0865 e. The van der Waals surface area contributed by atoms with Gasteiger partial charge in [-0.2, -0.15) is 0 Å². The Kier molecular flexibility index (Phi) is 2.66. The van der Waals surface area contributed by atoms with E-state index in [2.05, 4.69) is 5.16 Å². The Labute approximate surface area is 66.2 Å². The maximum absolute atomic E-state index is 8.57. The van der Waals surface area contributed by atoms with Gasteiger partial charge in [-0.15, -0.1) is 0 Å². The third-order valence-corrected chi connectivity index (χ3v) is 1.56. The number of nitrogens with zero attached hydrogens (tertiary/aromatic N) is 1. The number of rotatable bonds is 2. The fourth-order valence-electron chi connectivity index (χ4n) is 0.963. The van der Waals surface area contributed by atoms with Gasteiger partial charge in [0, 0.05) is 0 Å². The second-order valence-corrected chi connectivity index (χ2v) is 2.27. The van der Waals surface area contributed by atoms with E-state index in [4.69, 9.17) is 5.21 Å². The summed E-state index contributed by atoms with van der Waals surface area (Å²) in [6.45, 7) is 1.96. The molecule has 0 aliphatic heterocycles. The Morgan fingerprint density at radius 1 is 1.36 bits per heavy atom. The van der Waals surface area contributed by atoms with Crippen LogP contribution in [0.4, 0.5) is 0 Å². The van der Waals surface area contributed by atoms with E-state index in [-0.39, 0.29) is 0 Å². The molecule has 0 spiro atoms. The van der Waals surface area contributed by atoms with Crippen molar-refractivity contribution >= 4 is 5.71 Å². The lowest BCUT2D eigenvalue weighted by Gasteiger charge is -1.98. The lowest BCUT2D eigenvalue weighted by Crippen LogP contribution is -1.97. The zero-order valence-electron chi connectivity index (χ0n) is 6.49. The van der Waals surface area contributed by atoms with Gasteiger partial charge >= 0.3 is 0 Å². The van der Waals surface area contributed by atoms with Gasteiger partial charge in [-0.05, 0) is 12.0 Å². The summed E-state index contributed by atoms with van der Waals surface area (Å²) in [5.41, 5.74) is 1.71. The van der Waals surface area contributed by atoms with Crippen LogP contribution in [0.5, 0.6) is 0 Å². The molecule has 1 rings (SSSR count). The van der Waals surface area contributed by atoms with E-state index in [9.17, 15) is 0 Å². The topological polar surface area (TPSA) is 32.6 Å². The molecular weight excluding hydrogens is 138 g/mol. The quantitative estimate of drug-likeness (QED) is 0.390. The summed E-state index contributed by atoms with van der Waals surface area (Å²) in [5, 5.41) is 11.8. The molecule has 0 atom stereocenters. The van der Waals surface area contributed by atoms with Crippen molar-refractivity contribution in [3.8, 4) is 0 Å². The number of oxime groups is 1. The molecule has 0 aromatic heterocycles. The van der Waals surface area contributed by atoms with Gasteiger partial charge in [-0.3, -0.25) is 0 Å². The molecule has 0 fully saturated rings. The van der Waals surface area contributed by atoms with Crippen LogP contribution < -0.4 is 0 Å². The molecule has 0 unspecified atom stereocenters. The second-order valence-electron chi connectivity index (χ2n) is 2.27. The molecule has 0 bridgehead atoms. The van der Waals surface area contributed by atoms with Crippen molar-refractivity contribution in [1.29, 1.82) is 0 Å². The van der Waals surface area contributed by atoms with Gasteiger partial charge in [-0.1, -0.05) is 42.4 Å². The van der Waals surface area contributed by atoms with E-state index < -0.39 is 0 Å². The Morgan fingerprint density at radius 2 is 2.00 bits per heavy atom. The maximum atomic E-state index is 8.57. The summed E-state index contributed by atoms with van der Waals surface area (Å²) in [4.78, 5) is 0. The minimum absolute atomic E-state index is 0.727. The van der Waals surface area contributed by atoms with Crippen LogP contribution in [0.15, 0.2) is 35.5 Å². The number of hydrogen-bond donors (Lipinski definition) is 1. The molecule has 0 amide bonds. The van der Waals surface area contributed by atoms with Crippen LogP contribution in [-0.2, 0) is 0 Å². The monoisotopic (exact) mass is 149 g/mol. The summed E-state index contributed by atoms with van der Waals surface area (Å²) in [6.07, 6.45) is 0.751. The van der Waals surface area contributed by atoms with Crippen LogP contribution >= 0.6 is 0 Å². The first-order valence-electron chi connectivity index (χ1n) is 3.64. The fourth-order valence-corrected chi connectivity index (χ4v) is 0.963. The third kappa shape index (κ3) is 1.80. The zero-order chi connectivity index (χ0) is 8.10. The minimum atomic E-state index is 0.727. The Bertz CT molecular complexity index is 241. The highest BCUT2D eigenvalue weighted by atomic mass is 16.4. The molecule has 58 valence electrons. The molecule has 1 N–H and O–H groups in total. The normalized spacial score (nSPS) is 11.5. The SMILES string of the molecule is CC/C(=N\O)c1ccccc1. The highest BCUT2D eigenvalue weighted by Gasteiger charge is 1.98. The van der Waals surface area contributed by atoms with E-state index >= 15 is 0 Å². The van der Waals surface area contributed by atoms with Crippen molar-refractivity contribution in [1.82, 2.24) is 0 Å². The van der Waals surface area contributed by atoms with Crippen LogP contribution in [0.1, 0.15) is 18.9 Å². The first-order valence-corrected chi connectivity index (χ1v) is 3.64. The number of benzene rings is 1. The molecule has 0 saturated carbocycles. The average molecular weight is 149 g/mol. The lowest BCUT2D eigenvalue weighted by molar-refractivity contribution is 0.318. The van der Waals surface area contributed by atoms with Gasteiger partial charge < -0.3 is 5.21 Å². The van der Waals surface area contributed by atoms with Gasteiger partial charge in [0.2, 0.25) is 0 Å². The van der Waals surface area contributed by atoms with Crippen molar-refractivity contribution in [3.05, 3.63) is 35.9 Å². The molecule has 2 heteroatoms. The van der Waals surface area contributed by atoms with E-state index in [0.29, 0.717) is 0 Å². The fraction of sp³-hybridized carbons (Fsp3) is 0.222. The minimum Gasteiger partial charge on any atom is -0.411 e. The van der Waals surface area contributed by atoms with Gasteiger partial charge in [0.1, 0.15) is 0 Å². The zero-order valence-corrected chi connectivity index (χ0v) is 6.49. The second kappa shape index (κ2) is 3.76. The van der Waals surface area contributed by atoms with Crippen LogP contribution in [0.25, 0.3) is 0 Å². The highest BCUT2D eigenvalue weighted by Crippen LogP contribution is 2.02. The standard InChI is InChI=1S/C9H11NO/c1-2-9(10-11)8-6-4-3-5-7-8/h3-7,11H,2H2,1H3/b10-9+. The van der Waals surface area contributed by atoms with Crippen molar-refractivity contribution in [2.45, 2.75) is 13.3 Å². The molecule has 0 aliphatic rings. The van der Waals surface area contributed by atoms with E-state index in [1.807, 2.05) is 37.3 Å². The first-order chi connectivity index (χ1) is 5.38. The van der Waals surface area contributed by atoms with E-state index in [1.54, 1.807) is 0 Å². The summed E-state index contributed by atoms with van der Waals surface area (Å²) in [5.74, 6) is 0. The Balaban J connectivity index is 2.92. The molecule has 0 saturated heterocycles. The number of hydrogen-bond acceptors (Lipinski definition) is 2. The largest absolute Gasteiger partial charge is 0.411 e. The van der Waals surface area contributed by atoms with Gasteiger partial charge in [0.25, 0.3) is 0 Å². The average Bonchev–Trinajstić information content (AvgIpc) is 2.09. The van der Waals surface area contributed by atoms with Crippen LogP contribution in [-0.4, -0.2) is 10.9 Å². The first kappa shape index (κ1) is 7.79. The Morgan fingerprint density at radius 3 is 2.45 bits per heavy atom. The molecule has 11 heavy (non-hydrogen) atoms. The predicted octanol–water partition coefficient (Wildman–Crippen LogP) is 2.27. The van der Waals surface area contributed by atoms with E-state index in [0.717, 1.165) is 17.7 Å². The molecule has 1 aromatic carbocycles.